The van der Waals surface area contributed by atoms with E-state index in [2.05, 4.69) is 9.80 Å². The Morgan fingerprint density at radius 2 is 1.50 bits per heavy atom. The van der Waals surface area contributed by atoms with Crippen LogP contribution in [-0.2, 0) is 0 Å². The first-order chi connectivity index (χ1) is 12.7. The summed E-state index contributed by atoms with van der Waals surface area (Å²) in [6.45, 7) is 6.40. The smallest absolute Gasteiger partial charge is 0.261 e. The van der Waals surface area contributed by atoms with Crippen molar-refractivity contribution >= 4 is 11.8 Å². The van der Waals surface area contributed by atoms with Gasteiger partial charge in [-0.2, -0.15) is 0 Å². The van der Waals surface area contributed by atoms with Gasteiger partial charge in [0.05, 0.1) is 11.1 Å². The molecule has 5 rings (SSSR count). The van der Waals surface area contributed by atoms with Gasteiger partial charge in [0.1, 0.15) is 0 Å². The Kier molecular flexibility index (Phi) is 4.09. The van der Waals surface area contributed by atoms with Crippen LogP contribution >= 0.6 is 0 Å². The molecule has 0 radical (unpaired) electrons. The number of carbonyl (C=O) groups is 2. The van der Waals surface area contributed by atoms with Gasteiger partial charge in [-0.05, 0) is 49.7 Å². The zero-order valence-corrected chi connectivity index (χ0v) is 15.3. The Hall–Kier alpha value is -1.72. The standard InChI is InChI=1S/C21H27N3O2/c25-20-18-3-1-2-4-19(18)21(26)24(20)13-16-7-8-17-14-22(11-15-5-6-15)9-10-23(17)12-16/h1-4,15-17H,5-14H2/t16-,17-/m0/s1. The van der Waals surface area contributed by atoms with Crippen molar-refractivity contribution in [2.45, 2.75) is 31.7 Å². The molecular formula is C21H27N3O2. The number of fused-ring (bicyclic) bond motifs is 2. The Bertz CT molecular complexity index is 695. The van der Waals surface area contributed by atoms with Gasteiger partial charge in [-0.1, -0.05) is 12.1 Å². The molecule has 1 aromatic rings. The summed E-state index contributed by atoms with van der Waals surface area (Å²) in [6, 6.07) is 7.87. The minimum Gasteiger partial charge on any atom is -0.300 e. The molecule has 0 N–H and O–H groups in total. The molecule has 2 amide bonds. The Morgan fingerprint density at radius 1 is 0.808 bits per heavy atom. The molecule has 0 spiro atoms. The van der Waals surface area contributed by atoms with Crippen molar-refractivity contribution in [3.63, 3.8) is 0 Å². The number of hydrogen-bond acceptors (Lipinski definition) is 4. The first kappa shape index (κ1) is 16.5. The summed E-state index contributed by atoms with van der Waals surface area (Å²) in [5, 5.41) is 0. The summed E-state index contributed by atoms with van der Waals surface area (Å²) in [4.78, 5) is 31.9. The van der Waals surface area contributed by atoms with E-state index in [0.29, 0.717) is 29.6 Å². The highest BCUT2D eigenvalue weighted by molar-refractivity contribution is 6.21. The van der Waals surface area contributed by atoms with E-state index in [9.17, 15) is 9.59 Å². The van der Waals surface area contributed by atoms with Gasteiger partial charge in [0.15, 0.2) is 0 Å². The highest BCUT2D eigenvalue weighted by Crippen LogP contribution is 2.32. The van der Waals surface area contributed by atoms with Crippen LogP contribution in [0.2, 0.25) is 0 Å². The van der Waals surface area contributed by atoms with E-state index in [0.717, 1.165) is 25.4 Å². The first-order valence-corrected chi connectivity index (χ1v) is 10.1. The summed E-state index contributed by atoms with van der Waals surface area (Å²) >= 11 is 0. The Balaban J connectivity index is 1.20. The highest BCUT2D eigenvalue weighted by Gasteiger charge is 2.39. The zero-order valence-electron chi connectivity index (χ0n) is 15.3. The van der Waals surface area contributed by atoms with Gasteiger partial charge in [0.2, 0.25) is 0 Å². The van der Waals surface area contributed by atoms with Gasteiger partial charge in [-0.25, -0.2) is 0 Å². The maximum atomic E-state index is 12.6. The van der Waals surface area contributed by atoms with Crippen LogP contribution in [0.25, 0.3) is 0 Å². The summed E-state index contributed by atoms with van der Waals surface area (Å²) in [5.41, 5.74) is 1.14. The van der Waals surface area contributed by atoms with Crippen molar-refractivity contribution in [1.82, 2.24) is 14.7 Å². The third-order valence-corrected chi connectivity index (χ3v) is 6.62. The van der Waals surface area contributed by atoms with Crippen LogP contribution in [0.3, 0.4) is 0 Å². The molecule has 0 aromatic heterocycles. The molecule has 0 bridgehead atoms. The van der Waals surface area contributed by atoms with E-state index in [-0.39, 0.29) is 11.8 Å². The molecule has 1 saturated carbocycles. The van der Waals surface area contributed by atoms with E-state index in [4.69, 9.17) is 0 Å². The van der Waals surface area contributed by atoms with Gasteiger partial charge >= 0.3 is 0 Å². The molecular weight excluding hydrogens is 326 g/mol. The number of rotatable bonds is 4. The average molecular weight is 353 g/mol. The van der Waals surface area contributed by atoms with E-state index >= 15 is 0 Å². The van der Waals surface area contributed by atoms with Crippen LogP contribution in [-0.4, -0.2) is 71.8 Å². The topological polar surface area (TPSA) is 43.9 Å². The molecule has 2 atom stereocenters. The van der Waals surface area contributed by atoms with Crippen molar-refractivity contribution in [3.05, 3.63) is 35.4 Å². The third kappa shape index (κ3) is 2.97. The summed E-state index contributed by atoms with van der Waals surface area (Å²) in [6.07, 6.45) is 5.15. The van der Waals surface area contributed by atoms with Crippen molar-refractivity contribution in [2.75, 3.05) is 39.3 Å². The molecule has 138 valence electrons. The molecule has 26 heavy (non-hydrogen) atoms. The fourth-order valence-electron chi connectivity index (χ4n) is 4.97. The van der Waals surface area contributed by atoms with Crippen molar-refractivity contribution in [2.24, 2.45) is 11.8 Å². The van der Waals surface area contributed by atoms with E-state index in [1.54, 1.807) is 12.1 Å². The summed E-state index contributed by atoms with van der Waals surface area (Å²) in [5.74, 6) is 1.15. The highest BCUT2D eigenvalue weighted by atomic mass is 16.2. The van der Waals surface area contributed by atoms with Crippen LogP contribution in [0.4, 0.5) is 0 Å². The molecule has 3 aliphatic heterocycles. The van der Waals surface area contributed by atoms with Gasteiger partial charge in [0.25, 0.3) is 11.8 Å². The Labute approximate surface area is 154 Å². The van der Waals surface area contributed by atoms with Crippen molar-refractivity contribution < 1.29 is 9.59 Å². The fourth-order valence-corrected chi connectivity index (χ4v) is 4.97. The lowest BCUT2D eigenvalue weighted by molar-refractivity contribution is 0.0188. The number of amides is 2. The molecule has 3 fully saturated rings. The Morgan fingerprint density at radius 3 is 2.19 bits per heavy atom. The number of benzene rings is 1. The average Bonchev–Trinajstić information content (AvgIpc) is 3.45. The van der Waals surface area contributed by atoms with Gasteiger partial charge in [-0.3, -0.25) is 19.4 Å². The lowest BCUT2D eigenvalue weighted by Crippen LogP contribution is -2.57. The van der Waals surface area contributed by atoms with Crippen molar-refractivity contribution in [1.29, 1.82) is 0 Å². The lowest BCUT2D eigenvalue weighted by atomic mass is 9.90. The predicted octanol–water partition coefficient (Wildman–Crippen LogP) is 2.09. The number of piperidine rings is 1. The molecule has 2 saturated heterocycles. The van der Waals surface area contributed by atoms with Gasteiger partial charge < -0.3 is 4.90 Å². The van der Waals surface area contributed by atoms with Gasteiger partial charge in [0, 0.05) is 45.3 Å². The number of hydrogen-bond donors (Lipinski definition) is 0. The molecule has 1 aliphatic carbocycles. The largest absolute Gasteiger partial charge is 0.300 e. The molecule has 4 aliphatic rings. The van der Waals surface area contributed by atoms with Crippen LogP contribution < -0.4 is 0 Å². The molecule has 0 unspecified atom stereocenters. The molecule has 3 heterocycles. The normalized spacial score (nSPS) is 29.8. The maximum Gasteiger partial charge on any atom is 0.261 e. The SMILES string of the molecule is O=C1c2ccccc2C(=O)N1C[C@H]1CC[C@H]2CN(CC3CC3)CCN2C1. The summed E-state index contributed by atoms with van der Waals surface area (Å²) < 4.78 is 0. The number of nitrogens with zero attached hydrogens (tertiary/aromatic N) is 3. The zero-order chi connectivity index (χ0) is 17.7. The summed E-state index contributed by atoms with van der Waals surface area (Å²) in [7, 11) is 0. The fraction of sp³-hybridized carbons (Fsp3) is 0.619. The maximum absolute atomic E-state index is 12.6. The van der Waals surface area contributed by atoms with E-state index in [1.165, 1.54) is 43.8 Å². The molecule has 1 aromatic carbocycles. The molecule has 5 heteroatoms. The minimum absolute atomic E-state index is 0.109. The van der Waals surface area contributed by atoms with Crippen molar-refractivity contribution in [3.8, 4) is 0 Å². The van der Waals surface area contributed by atoms with Crippen LogP contribution in [0.1, 0.15) is 46.4 Å². The van der Waals surface area contributed by atoms with Gasteiger partial charge in [-0.15, -0.1) is 0 Å². The number of piperazine rings is 1. The molecule has 5 nitrogen and oxygen atoms in total. The predicted molar refractivity (Wildman–Crippen MR) is 99.1 cm³/mol. The minimum atomic E-state index is -0.109. The van der Waals surface area contributed by atoms with Crippen LogP contribution in [0.5, 0.6) is 0 Å². The second-order valence-corrected chi connectivity index (χ2v) is 8.56. The second-order valence-electron chi connectivity index (χ2n) is 8.56. The number of imide groups is 1. The third-order valence-electron chi connectivity index (χ3n) is 6.62. The van der Waals surface area contributed by atoms with Crippen LogP contribution in [0.15, 0.2) is 24.3 Å². The monoisotopic (exact) mass is 353 g/mol. The van der Waals surface area contributed by atoms with E-state index < -0.39 is 0 Å². The lowest BCUT2D eigenvalue weighted by Gasteiger charge is -2.46. The number of carbonyl (C=O) groups excluding carboxylic acids is 2. The van der Waals surface area contributed by atoms with Crippen LogP contribution in [0, 0.1) is 11.8 Å². The van der Waals surface area contributed by atoms with E-state index in [1.807, 2.05) is 12.1 Å². The second kappa shape index (κ2) is 6.46. The first-order valence-electron chi connectivity index (χ1n) is 10.1. The quantitative estimate of drug-likeness (QED) is 0.778.